The maximum atomic E-state index is 12.6. The van der Waals surface area contributed by atoms with Gasteiger partial charge >= 0.3 is 0 Å². The number of nitrogens with one attached hydrogen (secondary N) is 1. The van der Waals surface area contributed by atoms with Gasteiger partial charge in [0.25, 0.3) is 5.91 Å². The molecule has 0 heterocycles. The third-order valence-electron chi connectivity index (χ3n) is 3.67. The zero-order chi connectivity index (χ0) is 18.6. The standard InChI is InChI=1S/C17H19BrN2O4S/c1-3-20(4-2)25(23,24)14-9-10-16(21)15(11-14)19-17(22)12-5-7-13(18)8-6-12/h5-11,21H,3-4H2,1-2H3,(H,19,22). The van der Waals surface area contributed by atoms with Crippen molar-refractivity contribution in [2.75, 3.05) is 18.4 Å². The second-order valence-corrected chi connectivity index (χ2v) is 8.08. The van der Waals surface area contributed by atoms with Crippen LogP contribution in [0.5, 0.6) is 5.75 Å². The number of anilines is 1. The van der Waals surface area contributed by atoms with Crippen molar-refractivity contribution in [2.45, 2.75) is 18.7 Å². The molecule has 6 nitrogen and oxygen atoms in total. The molecule has 0 aliphatic carbocycles. The molecule has 0 spiro atoms. The Morgan fingerprint density at radius 2 is 1.72 bits per heavy atom. The lowest BCUT2D eigenvalue weighted by molar-refractivity contribution is 0.102. The van der Waals surface area contributed by atoms with Crippen molar-refractivity contribution < 1.29 is 18.3 Å². The van der Waals surface area contributed by atoms with E-state index < -0.39 is 15.9 Å². The third-order valence-corrected chi connectivity index (χ3v) is 6.24. The first-order valence-corrected chi connectivity index (χ1v) is 9.93. The van der Waals surface area contributed by atoms with Gasteiger partial charge in [0, 0.05) is 23.1 Å². The van der Waals surface area contributed by atoms with Crippen molar-refractivity contribution >= 4 is 37.5 Å². The van der Waals surface area contributed by atoms with E-state index in [9.17, 15) is 18.3 Å². The van der Waals surface area contributed by atoms with E-state index in [0.29, 0.717) is 18.7 Å². The SMILES string of the molecule is CCN(CC)S(=O)(=O)c1ccc(O)c(NC(=O)c2ccc(Br)cc2)c1. The number of carbonyl (C=O) groups is 1. The van der Waals surface area contributed by atoms with Crippen LogP contribution in [-0.2, 0) is 10.0 Å². The maximum Gasteiger partial charge on any atom is 0.255 e. The fourth-order valence-corrected chi connectivity index (χ4v) is 4.03. The Hall–Kier alpha value is -1.90. The molecule has 25 heavy (non-hydrogen) atoms. The average Bonchev–Trinajstić information content (AvgIpc) is 2.58. The van der Waals surface area contributed by atoms with E-state index in [2.05, 4.69) is 21.2 Å². The molecule has 0 saturated carbocycles. The van der Waals surface area contributed by atoms with Crippen LogP contribution in [0.4, 0.5) is 5.69 Å². The lowest BCUT2D eigenvalue weighted by Crippen LogP contribution is -2.30. The van der Waals surface area contributed by atoms with Gasteiger partial charge in [-0.25, -0.2) is 8.42 Å². The maximum absolute atomic E-state index is 12.6. The highest BCUT2D eigenvalue weighted by Gasteiger charge is 2.23. The van der Waals surface area contributed by atoms with Crippen molar-refractivity contribution in [2.24, 2.45) is 0 Å². The molecule has 0 fully saturated rings. The quantitative estimate of drug-likeness (QED) is 0.692. The molecule has 0 aromatic heterocycles. The normalized spacial score (nSPS) is 11.5. The smallest absolute Gasteiger partial charge is 0.255 e. The second kappa shape index (κ2) is 7.99. The summed E-state index contributed by atoms with van der Waals surface area (Å²) in [6.45, 7) is 4.16. The lowest BCUT2D eigenvalue weighted by Gasteiger charge is -2.19. The molecule has 0 unspecified atom stereocenters. The molecule has 0 radical (unpaired) electrons. The fraction of sp³-hybridized carbons (Fsp3) is 0.235. The van der Waals surface area contributed by atoms with Gasteiger partial charge in [0.05, 0.1) is 10.6 Å². The number of phenolic OH excluding ortho intramolecular Hbond substituents is 1. The highest BCUT2D eigenvalue weighted by atomic mass is 79.9. The highest BCUT2D eigenvalue weighted by Crippen LogP contribution is 2.28. The molecule has 0 bridgehead atoms. The molecule has 2 rings (SSSR count). The predicted molar refractivity (Wildman–Crippen MR) is 100 cm³/mol. The number of halogens is 1. The van der Waals surface area contributed by atoms with Crippen LogP contribution in [0, 0.1) is 0 Å². The van der Waals surface area contributed by atoms with Crippen LogP contribution in [0.3, 0.4) is 0 Å². The Morgan fingerprint density at radius 3 is 2.28 bits per heavy atom. The minimum atomic E-state index is -3.68. The first-order valence-electron chi connectivity index (χ1n) is 7.69. The Morgan fingerprint density at radius 1 is 1.12 bits per heavy atom. The van der Waals surface area contributed by atoms with Crippen LogP contribution >= 0.6 is 15.9 Å². The topological polar surface area (TPSA) is 86.7 Å². The number of benzene rings is 2. The summed E-state index contributed by atoms with van der Waals surface area (Å²) >= 11 is 3.29. The molecular weight excluding hydrogens is 408 g/mol. The molecule has 0 aliphatic rings. The Labute approximate surface area is 155 Å². The summed E-state index contributed by atoms with van der Waals surface area (Å²) in [4.78, 5) is 12.3. The highest BCUT2D eigenvalue weighted by molar-refractivity contribution is 9.10. The summed E-state index contributed by atoms with van der Waals surface area (Å²) in [5, 5.41) is 12.5. The van der Waals surface area contributed by atoms with E-state index in [1.807, 2.05) is 0 Å². The summed E-state index contributed by atoms with van der Waals surface area (Å²) in [6.07, 6.45) is 0. The minimum absolute atomic E-state index is 0.0140. The van der Waals surface area contributed by atoms with E-state index in [0.717, 1.165) is 4.47 Å². The van der Waals surface area contributed by atoms with Crippen LogP contribution in [0.2, 0.25) is 0 Å². The minimum Gasteiger partial charge on any atom is -0.506 e. The van der Waals surface area contributed by atoms with Crippen molar-refractivity contribution in [3.05, 3.63) is 52.5 Å². The van der Waals surface area contributed by atoms with E-state index in [1.54, 1.807) is 38.1 Å². The van der Waals surface area contributed by atoms with Gasteiger partial charge in [0.1, 0.15) is 5.75 Å². The fourth-order valence-electron chi connectivity index (χ4n) is 2.28. The molecule has 8 heteroatoms. The number of rotatable bonds is 6. The summed E-state index contributed by atoms with van der Waals surface area (Å²) in [5.74, 6) is -0.649. The Bertz CT molecular complexity index is 863. The third kappa shape index (κ3) is 4.39. The van der Waals surface area contributed by atoms with Crippen molar-refractivity contribution in [3.63, 3.8) is 0 Å². The van der Waals surface area contributed by atoms with E-state index in [-0.39, 0.29) is 16.3 Å². The molecule has 2 N–H and O–H groups in total. The zero-order valence-electron chi connectivity index (χ0n) is 13.9. The molecule has 2 aromatic rings. The monoisotopic (exact) mass is 426 g/mol. The number of nitrogens with zero attached hydrogens (tertiary/aromatic N) is 1. The Balaban J connectivity index is 2.33. The van der Waals surface area contributed by atoms with Gasteiger partial charge in [0.2, 0.25) is 10.0 Å². The molecular formula is C17H19BrN2O4S. The van der Waals surface area contributed by atoms with E-state index in [4.69, 9.17) is 0 Å². The summed E-state index contributed by atoms with van der Waals surface area (Å²) in [7, 11) is -3.68. The largest absolute Gasteiger partial charge is 0.506 e. The number of amides is 1. The number of hydrogen-bond donors (Lipinski definition) is 2. The Kier molecular flexibility index (Phi) is 6.21. The van der Waals surface area contributed by atoms with Gasteiger partial charge < -0.3 is 10.4 Å². The number of sulfonamides is 1. The van der Waals surface area contributed by atoms with E-state index >= 15 is 0 Å². The van der Waals surface area contributed by atoms with Gasteiger partial charge in [-0.15, -0.1) is 0 Å². The first kappa shape index (κ1) is 19.4. The van der Waals surface area contributed by atoms with Crippen LogP contribution in [0.15, 0.2) is 51.8 Å². The average molecular weight is 427 g/mol. The lowest BCUT2D eigenvalue weighted by atomic mass is 10.2. The van der Waals surface area contributed by atoms with Crippen LogP contribution in [0.25, 0.3) is 0 Å². The molecule has 0 atom stereocenters. The molecule has 1 amide bonds. The number of aromatic hydroxyl groups is 1. The predicted octanol–water partition coefficient (Wildman–Crippen LogP) is 3.44. The first-order chi connectivity index (χ1) is 11.8. The van der Waals surface area contributed by atoms with Crippen LogP contribution in [0.1, 0.15) is 24.2 Å². The van der Waals surface area contributed by atoms with Crippen molar-refractivity contribution in [1.82, 2.24) is 4.31 Å². The van der Waals surface area contributed by atoms with Gasteiger partial charge in [-0.1, -0.05) is 29.8 Å². The summed E-state index contributed by atoms with van der Waals surface area (Å²) in [5.41, 5.74) is 0.431. The van der Waals surface area contributed by atoms with Gasteiger partial charge in [0.15, 0.2) is 0 Å². The zero-order valence-corrected chi connectivity index (χ0v) is 16.3. The number of hydrogen-bond acceptors (Lipinski definition) is 4. The van der Waals surface area contributed by atoms with Crippen LogP contribution < -0.4 is 5.32 Å². The molecule has 0 aliphatic heterocycles. The summed E-state index contributed by atoms with van der Waals surface area (Å²) in [6, 6.07) is 10.5. The second-order valence-electron chi connectivity index (χ2n) is 5.23. The van der Waals surface area contributed by atoms with Crippen molar-refractivity contribution in [1.29, 1.82) is 0 Å². The van der Waals surface area contributed by atoms with Gasteiger partial charge in [-0.2, -0.15) is 4.31 Å². The molecule has 2 aromatic carbocycles. The summed E-state index contributed by atoms with van der Waals surface area (Å²) < 4.78 is 27.3. The van der Waals surface area contributed by atoms with Crippen molar-refractivity contribution in [3.8, 4) is 5.75 Å². The van der Waals surface area contributed by atoms with Gasteiger partial charge in [-0.3, -0.25) is 4.79 Å². The van der Waals surface area contributed by atoms with Gasteiger partial charge in [-0.05, 0) is 42.5 Å². The molecule has 0 saturated heterocycles. The van der Waals surface area contributed by atoms with E-state index in [1.165, 1.54) is 22.5 Å². The number of phenols is 1. The molecule has 134 valence electrons. The van der Waals surface area contributed by atoms with Crippen LogP contribution in [-0.4, -0.2) is 36.8 Å². The number of carbonyl (C=O) groups excluding carboxylic acids is 1.